The van der Waals surface area contributed by atoms with Crippen molar-refractivity contribution in [2.75, 3.05) is 19.7 Å². The predicted octanol–water partition coefficient (Wildman–Crippen LogP) is 3.48. The fraction of sp³-hybridized carbons (Fsp3) is 0.286. The minimum absolute atomic E-state index is 0.0634. The van der Waals surface area contributed by atoms with Crippen molar-refractivity contribution in [2.24, 2.45) is 0 Å². The molecular formula is C21H22N2O2. The Labute approximate surface area is 147 Å². The molecule has 1 aliphatic heterocycles. The van der Waals surface area contributed by atoms with Crippen molar-refractivity contribution < 1.29 is 9.52 Å². The molecule has 2 heterocycles. The van der Waals surface area contributed by atoms with Gasteiger partial charge in [-0.2, -0.15) is 0 Å². The van der Waals surface area contributed by atoms with Gasteiger partial charge in [-0.3, -0.25) is 4.90 Å². The molecule has 4 rings (SSSR count). The van der Waals surface area contributed by atoms with Crippen LogP contribution in [-0.2, 0) is 12.8 Å². The Kier molecular flexibility index (Phi) is 4.63. The van der Waals surface area contributed by atoms with Crippen molar-refractivity contribution >= 4 is 0 Å². The smallest absolute Gasteiger partial charge is 0.196 e. The van der Waals surface area contributed by atoms with Gasteiger partial charge in [0.1, 0.15) is 0 Å². The van der Waals surface area contributed by atoms with Crippen LogP contribution in [0.4, 0.5) is 0 Å². The molecule has 2 aromatic carbocycles. The number of oxazole rings is 1. The van der Waals surface area contributed by atoms with Crippen LogP contribution in [0, 0.1) is 0 Å². The Hall–Kier alpha value is -2.43. The van der Waals surface area contributed by atoms with Gasteiger partial charge in [0.25, 0.3) is 0 Å². The zero-order chi connectivity index (χ0) is 17.1. The summed E-state index contributed by atoms with van der Waals surface area (Å²) in [5.41, 5.74) is 3.63. The van der Waals surface area contributed by atoms with Crippen LogP contribution in [0.25, 0.3) is 11.3 Å². The van der Waals surface area contributed by atoms with E-state index < -0.39 is 0 Å². The molecule has 1 aliphatic rings. The SMILES string of the molecule is OCC1c2ccccc2CCN1CCc1ncc(-c2ccccc2)o1. The third kappa shape index (κ3) is 3.36. The monoisotopic (exact) mass is 334 g/mol. The predicted molar refractivity (Wildman–Crippen MR) is 97.2 cm³/mol. The number of aromatic nitrogens is 1. The largest absolute Gasteiger partial charge is 0.441 e. The number of rotatable bonds is 5. The molecule has 0 saturated carbocycles. The molecule has 4 nitrogen and oxygen atoms in total. The number of hydrogen-bond acceptors (Lipinski definition) is 4. The maximum atomic E-state index is 9.88. The molecule has 0 amide bonds. The van der Waals surface area contributed by atoms with Crippen LogP contribution in [-0.4, -0.2) is 34.7 Å². The van der Waals surface area contributed by atoms with Gasteiger partial charge in [-0.25, -0.2) is 4.98 Å². The minimum Gasteiger partial charge on any atom is -0.441 e. The van der Waals surface area contributed by atoms with E-state index in [1.165, 1.54) is 11.1 Å². The quantitative estimate of drug-likeness (QED) is 0.776. The van der Waals surface area contributed by atoms with E-state index in [4.69, 9.17) is 4.42 Å². The summed E-state index contributed by atoms with van der Waals surface area (Å²) in [7, 11) is 0. The molecule has 1 unspecified atom stereocenters. The van der Waals surface area contributed by atoms with E-state index in [2.05, 4.69) is 28.1 Å². The van der Waals surface area contributed by atoms with Crippen molar-refractivity contribution in [3.63, 3.8) is 0 Å². The second kappa shape index (κ2) is 7.21. The van der Waals surface area contributed by atoms with E-state index >= 15 is 0 Å². The number of hydrogen-bond donors (Lipinski definition) is 1. The lowest BCUT2D eigenvalue weighted by Gasteiger charge is -2.36. The molecule has 0 bridgehead atoms. The van der Waals surface area contributed by atoms with Gasteiger partial charge in [0.15, 0.2) is 11.7 Å². The summed E-state index contributed by atoms with van der Waals surface area (Å²) in [4.78, 5) is 6.74. The number of aliphatic hydroxyl groups excluding tert-OH is 1. The molecule has 0 spiro atoms. The summed E-state index contributed by atoms with van der Waals surface area (Å²) in [6.07, 6.45) is 3.55. The summed E-state index contributed by atoms with van der Waals surface area (Å²) in [5, 5.41) is 9.88. The van der Waals surface area contributed by atoms with Crippen LogP contribution >= 0.6 is 0 Å². The number of nitrogens with zero attached hydrogens (tertiary/aromatic N) is 2. The van der Waals surface area contributed by atoms with Gasteiger partial charge in [-0.05, 0) is 17.5 Å². The van der Waals surface area contributed by atoms with Crippen LogP contribution in [0.3, 0.4) is 0 Å². The van der Waals surface area contributed by atoms with E-state index in [1.807, 2.05) is 36.4 Å². The normalized spacial score (nSPS) is 17.4. The zero-order valence-electron chi connectivity index (χ0n) is 14.1. The summed E-state index contributed by atoms with van der Waals surface area (Å²) in [6.45, 7) is 1.92. The van der Waals surface area contributed by atoms with E-state index in [1.54, 1.807) is 6.20 Å². The molecule has 4 heteroatoms. The first-order valence-corrected chi connectivity index (χ1v) is 8.78. The molecule has 1 N–H and O–H groups in total. The molecule has 128 valence electrons. The van der Waals surface area contributed by atoms with E-state index in [-0.39, 0.29) is 12.6 Å². The van der Waals surface area contributed by atoms with Crippen molar-refractivity contribution in [1.82, 2.24) is 9.88 Å². The lowest BCUT2D eigenvalue weighted by Crippen LogP contribution is -2.38. The first-order chi connectivity index (χ1) is 12.3. The van der Waals surface area contributed by atoms with Crippen LogP contribution in [0.2, 0.25) is 0 Å². The van der Waals surface area contributed by atoms with E-state index in [0.29, 0.717) is 0 Å². The summed E-state index contributed by atoms with van der Waals surface area (Å²) in [5.74, 6) is 1.55. The van der Waals surface area contributed by atoms with Gasteiger partial charge >= 0.3 is 0 Å². The number of benzene rings is 2. The van der Waals surface area contributed by atoms with Gasteiger partial charge in [-0.1, -0.05) is 54.6 Å². The third-order valence-corrected chi connectivity index (χ3v) is 4.92. The molecule has 0 fully saturated rings. The summed E-state index contributed by atoms with van der Waals surface area (Å²) >= 11 is 0. The average molecular weight is 334 g/mol. The third-order valence-electron chi connectivity index (χ3n) is 4.92. The summed E-state index contributed by atoms with van der Waals surface area (Å²) < 4.78 is 5.90. The van der Waals surface area contributed by atoms with Crippen LogP contribution < -0.4 is 0 Å². The highest BCUT2D eigenvalue weighted by molar-refractivity contribution is 5.55. The number of fused-ring (bicyclic) bond motifs is 1. The van der Waals surface area contributed by atoms with Gasteiger partial charge in [0.05, 0.1) is 18.8 Å². The standard InChI is InChI=1S/C21H22N2O2/c24-15-19-18-9-5-4-6-16(18)10-12-23(19)13-11-21-22-14-20(25-21)17-7-2-1-3-8-17/h1-9,14,19,24H,10-13,15H2. The van der Waals surface area contributed by atoms with Crippen LogP contribution in [0.15, 0.2) is 65.2 Å². The molecule has 0 radical (unpaired) electrons. The molecule has 3 aromatic rings. The van der Waals surface area contributed by atoms with Crippen LogP contribution in [0.5, 0.6) is 0 Å². The average Bonchev–Trinajstić information content (AvgIpc) is 3.15. The molecule has 0 saturated heterocycles. The van der Waals surface area contributed by atoms with Crippen molar-refractivity contribution in [2.45, 2.75) is 18.9 Å². The Morgan fingerprint density at radius 1 is 1.08 bits per heavy atom. The Morgan fingerprint density at radius 2 is 1.88 bits per heavy atom. The maximum Gasteiger partial charge on any atom is 0.196 e. The molecule has 1 atom stereocenters. The van der Waals surface area contributed by atoms with Gasteiger partial charge < -0.3 is 9.52 Å². The fourth-order valence-corrected chi connectivity index (χ4v) is 3.59. The van der Waals surface area contributed by atoms with Crippen molar-refractivity contribution in [3.05, 3.63) is 77.8 Å². The highest BCUT2D eigenvalue weighted by atomic mass is 16.4. The lowest BCUT2D eigenvalue weighted by molar-refractivity contribution is 0.114. The summed E-state index contributed by atoms with van der Waals surface area (Å²) in [6, 6.07) is 18.5. The van der Waals surface area contributed by atoms with Gasteiger partial charge in [0.2, 0.25) is 0 Å². The molecular weight excluding hydrogens is 312 g/mol. The topological polar surface area (TPSA) is 49.5 Å². The zero-order valence-corrected chi connectivity index (χ0v) is 14.1. The molecule has 1 aromatic heterocycles. The highest BCUT2D eigenvalue weighted by Crippen LogP contribution is 2.29. The minimum atomic E-state index is 0.0634. The van der Waals surface area contributed by atoms with Crippen LogP contribution in [0.1, 0.15) is 23.1 Å². The van der Waals surface area contributed by atoms with Crippen molar-refractivity contribution in [3.8, 4) is 11.3 Å². The maximum absolute atomic E-state index is 9.88. The molecule has 25 heavy (non-hydrogen) atoms. The first kappa shape index (κ1) is 16.1. The second-order valence-electron chi connectivity index (χ2n) is 6.42. The van der Waals surface area contributed by atoms with E-state index in [0.717, 1.165) is 43.1 Å². The first-order valence-electron chi connectivity index (χ1n) is 8.78. The lowest BCUT2D eigenvalue weighted by atomic mass is 9.93. The number of aliphatic hydroxyl groups is 1. The Balaban J connectivity index is 1.44. The molecule has 0 aliphatic carbocycles. The van der Waals surface area contributed by atoms with Gasteiger partial charge in [0, 0.05) is 25.1 Å². The van der Waals surface area contributed by atoms with E-state index in [9.17, 15) is 5.11 Å². The fourth-order valence-electron chi connectivity index (χ4n) is 3.59. The Morgan fingerprint density at radius 3 is 2.72 bits per heavy atom. The van der Waals surface area contributed by atoms with Gasteiger partial charge in [-0.15, -0.1) is 0 Å². The highest BCUT2D eigenvalue weighted by Gasteiger charge is 2.26. The Bertz CT molecular complexity index is 829. The second-order valence-corrected chi connectivity index (χ2v) is 6.42. The van der Waals surface area contributed by atoms with Crippen molar-refractivity contribution in [1.29, 1.82) is 0 Å².